The SMILES string of the molecule is Cc1nc(CN(C)S(=O)(=O)c2cc(N)c(C)c(Cl)c2)cs1. The van der Waals surface area contributed by atoms with Crippen LogP contribution in [0.3, 0.4) is 0 Å². The number of nitrogen functional groups attached to an aromatic ring is 1. The fourth-order valence-corrected chi connectivity index (χ4v) is 3.90. The van der Waals surface area contributed by atoms with Crippen LogP contribution in [0, 0.1) is 13.8 Å². The summed E-state index contributed by atoms with van der Waals surface area (Å²) in [5.74, 6) is 0. The van der Waals surface area contributed by atoms with Crippen molar-refractivity contribution in [2.45, 2.75) is 25.3 Å². The van der Waals surface area contributed by atoms with Gasteiger partial charge < -0.3 is 5.73 Å². The van der Waals surface area contributed by atoms with Crippen LogP contribution in [0.25, 0.3) is 0 Å². The summed E-state index contributed by atoms with van der Waals surface area (Å²) >= 11 is 7.51. The second-order valence-electron chi connectivity index (χ2n) is 4.74. The Morgan fingerprint density at radius 2 is 2.05 bits per heavy atom. The van der Waals surface area contributed by atoms with Crippen LogP contribution in [0.5, 0.6) is 0 Å². The van der Waals surface area contributed by atoms with Gasteiger partial charge in [0.15, 0.2) is 0 Å². The van der Waals surface area contributed by atoms with Crippen molar-refractivity contribution in [2.75, 3.05) is 12.8 Å². The van der Waals surface area contributed by atoms with Crippen LogP contribution in [0.4, 0.5) is 5.69 Å². The first-order valence-corrected chi connectivity index (χ1v) is 8.84. The first kappa shape index (κ1) is 16.2. The summed E-state index contributed by atoms with van der Waals surface area (Å²) in [6.45, 7) is 3.83. The van der Waals surface area contributed by atoms with Crippen LogP contribution in [0.15, 0.2) is 22.4 Å². The van der Waals surface area contributed by atoms with Gasteiger partial charge in [-0.2, -0.15) is 4.31 Å². The van der Waals surface area contributed by atoms with E-state index in [1.807, 2.05) is 12.3 Å². The molecule has 2 aromatic rings. The third-order valence-corrected chi connectivity index (χ3v) is 6.11. The summed E-state index contributed by atoms with van der Waals surface area (Å²) in [5, 5.41) is 3.09. The molecule has 0 atom stereocenters. The molecular weight excluding hydrogens is 330 g/mol. The smallest absolute Gasteiger partial charge is 0.243 e. The Morgan fingerprint density at radius 1 is 1.38 bits per heavy atom. The average molecular weight is 346 g/mol. The molecule has 0 aliphatic rings. The zero-order chi connectivity index (χ0) is 15.8. The summed E-state index contributed by atoms with van der Waals surface area (Å²) in [6, 6.07) is 2.85. The van der Waals surface area contributed by atoms with E-state index in [0.29, 0.717) is 16.3 Å². The molecule has 1 aromatic carbocycles. The predicted octanol–water partition coefficient (Wildman–Crippen LogP) is 2.82. The molecule has 0 aliphatic carbocycles. The van der Waals surface area contributed by atoms with Crippen molar-refractivity contribution < 1.29 is 8.42 Å². The molecule has 2 N–H and O–H groups in total. The number of sulfonamides is 1. The molecule has 8 heteroatoms. The lowest BCUT2D eigenvalue weighted by Crippen LogP contribution is -2.26. The lowest BCUT2D eigenvalue weighted by Gasteiger charge is -2.17. The highest BCUT2D eigenvalue weighted by Gasteiger charge is 2.23. The van der Waals surface area contributed by atoms with Crippen molar-refractivity contribution in [3.63, 3.8) is 0 Å². The van der Waals surface area contributed by atoms with Gasteiger partial charge in [-0.3, -0.25) is 0 Å². The van der Waals surface area contributed by atoms with E-state index >= 15 is 0 Å². The maximum atomic E-state index is 12.5. The van der Waals surface area contributed by atoms with Gasteiger partial charge in [0.1, 0.15) is 0 Å². The lowest BCUT2D eigenvalue weighted by atomic mass is 10.2. The summed E-state index contributed by atoms with van der Waals surface area (Å²) in [5.41, 5.74) is 7.55. The molecule has 2 rings (SSSR count). The third kappa shape index (κ3) is 3.37. The molecule has 1 heterocycles. The van der Waals surface area contributed by atoms with Crippen LogP contribution in [-0.4, -0.2) is 24.8 Å². The number of aromatic nitrogens is 1. The van der Waals surface area contributed by atoms with E-state index in [4.69, 9.17) is 17.3 Å². The minimum Gasteiger partial charge on any atom is -0.398 e. The highest BCUT2D eigenvalue weighted by Crippen LogP contribution is 2.27. The number of halogens is 1. The summed E-state index contributed by atoms with van der Waals surface area (Å²) in [7, 11) is -2.15. The van der Waals surface area contributed by atoms with Crippen LogP contribution < -0.4 is 5.73 Å². The van der Waals surface area contributed by atoms with E-state index in [1.54, 1.807) is 6.92 Å². The Hall–Kier alpha value is -1.15. The van der Waals surface area contributed by atoms with Gasteiger partial charge >= 0.3 is 0 Å². The molecule has 0 unspecified atom stereocenters. The number of hydrogen-bond acceptors (Lipinski definition) is 5. The Kier molecular flexibility index (Phi) is 4.57. The monoisotopic (exact) mass is 345 g/mol. The number of hydrogen-bond donors (Lipinski definition) is 1. The zero-order valence-electron chi connectivity index (χ0n) is 11.9. The van der Waals surface area contributed by atoms with Crippen molar-refractivity contribution in [2.24, 2.45) is 0 Å². The Balaban J connectivity index is 2.33. The first-order chi connectivity index (χ1) is 9.71. The van der Waals surface area contributed by atoms with Gasteiger partial charge in [0, 0.05) is 23.1 Å². The minimum atomic E-state index is -3.66. The van der Waals surface area contributed by atoms with Gasteiger partial charge in [0.05, 0.1) is 22.1 Å². The van der Waals surface area contributed by atoms with Crippen LogP contribution >= 0.6 is 22.9 Å². The van der Waals surface area contributed by atoms with Crippen molar-refractivity contribution in [1.29, 1.82) is 0 Å². The molecule has 0 spiro atoms. The first-order valence-electron chi connectivity index (χ1n) is 6.15. The van der Waals surface area contributed by atoms with Crippen LogP contribution in [0.2, 0.25) is 5.02 Å². The number of nitrogens with zero attached hydrogens (tertiary/aromatic N) is 2. The van der Waals surface area contributed by atoms with Gasteiger partial charge in [-0.1, -0.05) is 11.6 Å². The maximum Gasteiger partial charge on any atom is 0.243 e. The van der Waals surface area contributed by atoms with Gasteiger partial charge in [0.25, 0.3) is 0 Å². The van der Waals surface area contributed by atoms with Gasteiger partial charge in [-0.15, -0.1) is 11.3 Å². The topological polar surface area (TPSA) is 76.3 Å². The summed E-state index contributed by atoms with van der Waals surface area (Å²) in [6.07, 6.45) is 0. The molecule has 1 aromatic heterocycles. The molecule has 0 bridgehead atoms. The maximum absolute atomic E-state index is 12.5. The molecule has 0 saturated carbocycles. The van der Waals surface area contributed by atoms with Gasteiger partial charge in [0.2, 0.25) is 10.0 Å². The highest BCUT2D eigenvalue weighted by atomic mass is 35.5. The lowest BCUT2D eigenvalue weighted by molar-refractivity contribution is 0.463. The van der Waals surface area contributed by atoms with E-state index in [0.717, 1.165) is 10.7 Å². The number of aryl methyl sites for hydroxylation is 1. The van der Waals surface area contributed by atoms with E-state index in [1.165, 1.54) is 34.8 Å². The zero-order valence-corrected chi connectivity index (χ0v) is 14.3. The van der Waals surface area contributed by atoms with Crippen molar-refractivity contribution >= 4 is 38.6 Å². The minimum absolute atomic E-state index is 0.0880. The van der Waals surface area contributed by atoms with Crippen molar-refractivity contribution in [3.8, 4) is 0 Å². The largest absolute Gasteiger partial charge is 0.398 e. The third-order valence-electron chi connectivity index (χ3n) is 3.12. The number of rotatable bonds is 4. The quantitative estimate of drug-likeness (QED) is 0.864. The molecule has 0 radical (unpaired) electrons. The summed E-state index contributed by atoms with van der Waals surface area (Å²) < 4.78 is 26.3. The number of nitrogens with two attached hydrogens (primary N) is 1. The summed E-state index contributed by atoms with van der Waals surface area (Å²) in [4.78, 5) is 4.36. The van der Waals surface area contributed by atoms with E-state index in [-0.39, 0.29) is 11.4 Å². The molecular formula is C13H16ClN3O2S2. The fraction of sp³-hybridized carbons (Fsp3) is 0.308. The predicted molar refractivity (Wildman–Crippen MR) is 86.1 cm³/mol. The molecule has 5 nitrogen and oxygen atoms in total. The van der Waals surface area contributed by atoms with Crippen LogP contribution in [0.1, 0.15) is 16.3 Å². The van der Waals surface area contributed by atoms with E-state index in [9.17, 15) is 8.42 Å². The Labute approximate surface area is 133 Å². The molecule has 0 amide bonds. The number of benzene rings is 1. The second kappa shape index (κ2) is 5.92. The fourth-order valence-electron chi connectivity index (χ4n) is 1.80. The molecule has 21 heavy (non-hydrogen) atoms. The molecule has 0 saturated heterocycles. The van der Waals surface area contributed by atoms with E-state index in [2.05, 4.69) is 4.98 Å². The standard InChI is InChI=1S/C13H16ClN3O2S2/c1-8-12(14)4-11(5-13(8)15)21(18,19)17(3)6-10-7-20-9(2)16-10/h4-5,7H,6,15H2,1-3H3. The second-order valence-corrected chi connectivity index (χ2v) is 8.25. The Morgan fingerprint density at radius 3 is 2.57 bits per heavy atom. The number of thiazole rings is 1. The highest BCUT2D eigenvalue weighted by molar-refractivity contribution is 7.89. The van der Waals surface area contributed by atoms with Crippen molar-refractivity contribution in [1.82, 2.24) is 9.29 Å². The molecule has 114 valence electrons. The Bertz CT molecular complexity index is 748. The normalized spacial score (nSPS) is 12.0. The van der Waals surface area contributed by atoms with Gasteiger partial charge in [-0.25, -0.2) is 13.4 Å². The van der Waals surface area contributed by atoms with Crippen molar-refractivity contribution in [3.05, 3.63) is 38.8 Å². The molecule has 0 aliphatic heterocycles. The molecule has 0 fully saturated rings. The van der Waals surface area contributed by atoms with E-state index < -0.39 is 10.0 Å². The van der Waals surface area contributed by atoms with Crippen LogP contribution in [-0.2, 0) is 16.6 Å². The number of anilines is 1. The van der Waals surface area contributed by atoms with Gasteiger partial charge in [-0.05, 0) is 31.5 Å². The average Bonchev–Trinajstić information content (AvgIpc) is 2.80.